The first-order valence-corrected chi connectivity index (χ1v) is 10.4. The van der Waals surface area contributed by atoms with Crippen molar-refractivity contribution in [2.24, 2.45) is 0 Å². The zero-order valence-electron chi connectivity index (χ0n) is 15.6. The summed E-state index contributed by atoms with van der Waals surface area (Å²) in [6.45, 7) is 8.68. The summed E-state index contributed by atoms with van der Waals surface area (Å²) < 4.78 is 12.0. The average Bonchev–Trinajstić information content (AvgIpc) is 2.89. The van der Waals surface area contributed by atoms with Crippen LogP contribution >= 0.6 is 0 Å². The van der Waals surface area contributed by atoms with E-state index in [-0.39, 0.29) is 0 Å². The Morgan fingerprint density at radius 2 is 1.32 bits per heavy atom. The van der Waals surface area contributed by atoms with Crippen molar-refractivity contribution in [2.45, 2.75) is 18.8 Å². The van der Waals surface area contributed by atoms with E-state index in [9.17, 15) is 0 Å². The minimum absolute atomic E-state index is 0.312. The summed E-state index contributed by atoms with van der Waals surface area (Å²) in [6.07, 6.45) is 0. The van der Waals surface area contributed by atoms with Crippen molar-refractivity contribution in [3.05, 3.63) is 0 Å². The molecule has 22 heavy (non-hydrogen) atoms. The lowest BCUT2D eigenvalue weighted by atomic mass is 10.5. The molecule has 0 saturated carbocycles. The smallest absolute Gasteiger partial charge is 0.370 e. The highest BCUT2D eigenvalue weighted by Crippen LogP contribution is 2.27. The fraction of sp³-hybridized carbons (Fsp3) is 1.00. The molecule has 132 valence electrons. The fourth-order valence-electron chi connectivity index (χ4n) is 3.18. The maximum Gasteiger partial charge on any atom is 0.370 e. The Balaban J connectivity index is 2.89. The molecule has 0 aromatic heterocycles. The number of hydrogen-bond donors (Lipinski definition) is 0. The molecule has 0 aromatic carbocycles. The number of likely N-dealkylation sites (N-methyl/N-ethyl adjacent to an activating group) is 2. The third-order valence-electron chi connectivity index (χ3n) is 4.61. The molecule has 1 fully saturated rings. The van der Waals surface area contributed by atoms with Crippen LogP contribution in [-0.2, 0) is 8.85 Å². The molecule has 0 bridgehead atoms. The van der Waals surface area contributed by atoms with E-state index >= 15 is 0 Å². The maximum atomic E-state index is 6.00. The van der Waals surface area contributed by atoms with Crippen molar-refractivity contribution in [3.63, 3.8) is 0 Å². The number of hydrogen-bond acceptors (Lipinski definition) is 6. The Labute approximate surface area is 138 Å². The van der Waals surface area contributed by atoms with Crippen LogP contribution in [0, 0.1) is 0 Å². The first-order chi connectivity index (χ1) is 10.4. The SMILES string of the molecule is CC[Si](OC)(OC)C1N(CCN(C)C)CCN1CCN(C)C. The van der Waals surface area contributed by atoms with Crippen LogP contribution in [0.25, 0.3) is 0 Å². The van der Waals surface area contributed by atoms with Gasteiger partial charge in [0.1, 0.15) is 5.79 Å². The van der Waals surface area contributed by atoms with Crippen LogP contribution < -0.4 is 0 Å². The molecule has 1 rings (SSSR count). The quantitative estimate of drug-likeness (QED) is 0.537. The van der Waals surface area contributed by atoms with Crippen molar-refractivity contribution in [3.8, 4) is 0 Å². The predicted octanol–water partition coefficient (Wildman–Crippen LogP) is 0.347. The van der Waals surface area contributed by atoms with Crippen molar-refractivity contribution in [2.75, 3.05) is 81.7 Å². The van der Waals surface area contributed by atoms with E-state index in [1.165, 1.54) is 0 Å². The molecule has 0 unspecified atom stereocenters. The normalized spacial score (nSPS) is 19.0. The highest BCUT2D eigenvalue weighted by molar-refractivity contribution is 6.68. The zero-order chi connectivity index (χ0) is 16.8. The third-order valence-corrected chi connectivity index (χ3v) is 8.50. The molecule has 0 aliphatic carbocycles. The van der Waals surface area contributed by atoms with Gasteiger partial charge in [0.05, 0.1) is 0 Å². The van der Waals surface area contributed by atoms with Crippen molar-refractivity contribution >= 4 is 8.56 Å². The van der Waals surface area contributed by atoms with Crippen molar-refractivity contribution < 1.29 is 8.85 Å². The Morgan fingerprint density at radius 3 is 1.59 bits per heavy atom. The highest BCUT2D eigenvalue weighted by atomic mass is 28.4. The Hall–Kier alpha value is -0.0231. The molecule has 6 nitrogen and oxygen atoms in total. The van der Waals surface area contributed by atoms with Gasteiger partial charge in [-0.15, -0.1) is 0 Å². The minimum Gasteiger partial charge on any atom is -0.396 e. The molecule has 1 aliphatic rings. The van der Waals surface area contributed by atoms with Crippen molar-refractivity contribution in [1.29, 1.82) is 0 Å². The molecule has 0 atom stereocenters. The summed E-state index contributed by atoms with van der Waals surface area (Å²) in [5.41, 5.74) is 0. The van der Waals surface area contributed by atoms with Crippen LogP contribution in [-0.4, -0.2) is 116 Å². The summed E-state index contributed by atoms with van der Waals surface area (Å²) >= 11 is 0. The van der Waals surface area contributed by atoms with Crippen LogP contribution in [0.1, 0.15) is 6.92 Å². The highest BCUT2D eigenvalue weighted by Gasteiger charge is 2.51. The molecule has 0 radical (unpaired) electrons. The van der Waals surface area contributed by atoms with Gasteiger partial charge in [-0.25, -0.2) is 0 Å². The minimum atomic E-state index is -2.24. The molecule has 0 amide bonds. The molecular formula is C15H36N4O2Si. The first kappa shape index (κ1) is 20.0. The van der Waals surface area contributed by atoms with E-state index < -0.39 is 8.56 Å². The molecule has 1 saturated heterocycles. The maximum absolute atomic E-state index is 6.00. The van der Waals surface area contributed by atoms with Gasteiger partial charge in [0.15, 0.2) is 0 Å². The van der Waals surface area contributed by atoms with E-state index in [1.54, 1.807) is 0 Å². The van der Waals surface area contributed by atoms with Gasteiger partial charge in [-0.2, -0.15) is 0 Å². The van der Waals surface area contributed by atoms with Gasteiger partial charge in [-0.3, -0.25) is 9.80 Å². The topological polar surface area (TPSA) is 31.4 Å². The van der Waals surface area contributed by atoms with Gasteiger partial charge in [0, 0.05) is 53.5 Å². The Bertz CT molecular complexity index is 286. The third kappa shape index (κ3) is 4.99. The Kier molecular flexibility index (Phi) is 8.48. The first-order valence-electron chi connectivity index (χ1n) is 8.28. The number of rotatable bonds is 10. The second-order valence-electron chi connectivity index (χ2n) is 6.63. The van der Waals surface area contributed by atoms with Gasteiger partial charge in [-0.1, -0.05) is 6.92 Å². The molecular weight excluding hydrogens is 296 g/mol. The second kappa shape index (κ2) is 9.32. The van der Waals surface area contributed by atoms with Crippen molar-refractivity contribution in [1.82, 2.24) is 19.6 Å². The van der Waals surface area contributed by atoms with E-state index in [0.717, 1.165) is 45.3 Å². The van der Waals surface area contributed by atoms with Gasteiger partial charge in [-0.05, 0) is 34.2 Å². The standard InChI is InChI=1S/C15H36N4O2Si/c1-8-22(20-6,21-7)15-18(11-9-16(2)3)13-14-19(15)12-10-17(4)5/h15H,8-14H2,1-7H3. The van der Waals surface area contributed by atoms with Gasteiger partial charge >= 0.3 is 8.56 Å². The van der Waals surface area contributed by atoms with E-state index in [1.807, 2.05) is 14.2 Å². The lowest BCUT2D eigenvalue weighted by Gasteiger charge is -2.41. The average molecular weight is 333 g/mol. The van der Waals surface area contributed by atoms with Crippen LogP contribution in [0.15, 0.2) is 0 Å². The molecule has 1 aliphatic heterocycles. The fourth-order valence-corrected chi connectivity index (χ4v) is 6.34. The lowest BCUT2D eigenvalue weighted by Crippen LogP contribution is -2.63. The molecule has 0 N–H and O–H groups in total. The molecule has 0 spiro atoms. The molecule has 0 aromatic rings. The van der Waals surface area contributed by atoms with Crippen LogP contribution in [0.4, 0.5) is 0 Å². The summed E-state index contributed by atoms with van der Waals surface area (Å²) in [4.78, 5) is 9.62. The zero-order valence-corrected chi connectivity index (χ0v) is 16.6. The second-order valence-corrected chi connectivity index (χ2v) is 10.3. The molecule has 7 heteroatoms. The van der Waals surface area contributed by atoms with E-state index in [0.29, 0.717) is 5.79 Å². The van der Waals surface area contributed by atoms with Crippen LogP contribution in [0.3, 0.4) is 0 Å². The van der Waals surface area contributed by atoms with E-state index in [4.69, 9.17) is 8.85 Å². The molecule has 1 heterocycles. The number of nitrogens with zero attached hydrogens (tertiary/aromatic N) is 4. The van der Waals surface area contributed by atoms with Gasteiger partial charge in [0.25, 0.3) is 0 Å². The van der Waals surface area contributed by atoms with Gasteiger partial charge in [0.2, 0.25) is 0 Å². The summed E-state index contributed by atoms with van der Waals surface area (Å²) in [5, 5.41) is 0. The summed E-state index contributed by atoms with van der Waals surface area (Å²) in [6, 6.07) is 0.974. The monoisotopic (exact) mass is 332 g/mol. The largest absolute Gasteiger partial charge is 0.396 e. The summed E-state index contributed by atoms with van der Waals surface area (Å²) in [7, 11) is 9.93. The van der Waals surface area contributed by atoms with E-state index in [2.05, 4.69) is 54.7 Å². The Morgan fingerprint density at radius 1 is 0.909 bits per heavy atom. The summed E-state index contributed by atoms with van der Waals surface area (Å²) in [5.74, 6) is 0.312. The van der Waals surface area contributed by atoms with Crippen LogP contribution in [0.2, 0.25) is 6.04 Å². The van der Waals surface area contributed by atoms with Crippen LogP contribution in [0.5, 0.6) is 0 Å². The van der Waals surface area contributed by atoms with Gasteiger partial charge < -0.3 is 18.7 Å². The lowest BCUT2D eigenvalue weighted by molar-refractivity contribution is 0.110. The predicted molar refractivity (Wildman–Crippen MR) is 94.3 cm³/mol.